The molecule has 1 aliphatic heterocycles. The molecule has 0 aromatic carbocycles. The van der Waals surface area contributed by atoms with Crippen LogP contribution in [0.3, 0.4) is 0 Å². The fraction of sp³-hybridized carbons (Fsp3) is 0.421. The summed E-state index contributed by atoms with van der Waals surface area (Å²) in [5.41, 5.74) is 2.15. The van der Waals surface area contributed by atoms with E-state index in [2.05, 4.69) is 45.4 Å². The summed E-state index contributed by atoms with van der Waals surface area (Å²) in [4.78, 5) is 15.7. The summed E-state index contributed by atoms with van der Waals surface area (Å²) in [5.74, 6) is 1.67. The van der Waals surface area contributed by atoms with Crippen LogP contribution in [0.2, 0.25) is 5.02 Å². The highest BCUT2D eigenvalue weighted by Gasteiger charge is 2.25. The Bertz CT molecular complexity index is 769. The van der Waals surface area contributed by atoms with Crippen LogP contribution in [-0.2, 0) is 6.54 Å². The fourth-order valence-corrected chi connectivity index (χ4v) is 3.27. The van der Waals surface area contributed by atoms with E-state index in [0.717, 1.165) is 49.1 Å². The second kappa shape index (κ2) is 10.7. The maximum Gasteiger partial charge on any atom is 0.191 e. The average Bonchev–Trinajstić information content (AvgIpc) is 3.10. The molecule has 0 aliphatic carbocycles. The Kier molecular flexibility index (Phi) is 8.56. The van der Waals surface area contributed by atoms with Crippen molar-refractivity contribution in [2.45, 2.75) is 32.9 Å². The summed E-state index contributed by atoms with van der Waals surface area (Å²) in [6.07, 6.45) is 4.60. The van der Waals surface area contributed by atoms with E-state index in [1.165, 1.54) is 0 Å². The molecule has 2 aromatic rings. The highest BCUT2D eigenvalue weighted by atomic mass is 127. The van der Waals surface area contributed by atoms with E-state index in [1.807, 2.05) is 24.4 Å². The number of hydrogen-bond donors (Lipinski definition) is 2. The van der Waals surface area contributed by atoms with Gasteiger partial charge >= 0.3 is 0 Å². The van der Waals surface area contributed by atoms with Crippen molar-refractivity contribution < 1.29 is 0 Å². The Morgan fingerprint density at radius 1 is 1.30 bits per heavy atom. The molecule has 1 fully saturated rings. The highest BCUT2D eigenvalue weighted by Crippen LogP contribution is 2.25. The van der Waals surface area contributed by atoms with E-state index in [9.17, 15) is 0 Å². The number of anilines is 1. The molecule has 27 heavy (non-hydrogen) atoms. The number of aryl methyl sites for hydroxylation is 1. The molecule has 6 nitrogen and oxygen atoms in total. The van der Waals surface area contributed by atoms with Gasteiger partial charge in [-0.25, -0.2) is 9.98 Å². The van der Waals surface area contributed by atoms with Gasteiger partial charge in [-0.15, -0.1) is 24.0 Å². The molecule has 1 atom stereocenters. The van der Waals surface area contributed by atoms with Crippen LogP contribution in [0.4, 0.5) is 5.82 Å². The number of hydrogen-bond acceptors (Lipinski definition) is 4. The maximum absolute atomic E-state index is 6.27. The Morgan fingerprint density at radius 3 is 2.81 bits per heavy atom. The standard InChI is InChI=1S/C19H25ClN6.HI/c1-3-21-19(24-12-17-14(2)6-4-9-22-17)25-15-8-11-26(13-15)18-16(20)7-5-10-23-18;/h4-7,9-10,15H,3,8,11-13H2,1-2H3,(H2,21,24,25);1H. The van der Waals surface area contributed by atoms with Crippen molar-refractivity contribution in [3.63, 3.8) is 0 Å². The van der Waals surface area contributed by atoms with Crippen molar-refractivity contribution >= 4 is 47.4 Å². The number of nitrogens with one attached hydrogen (secondary N) is 2. The van der Waals surface area contributed by atoms with Crippen LogP contribution in [0.5, 0.6) is 0 Å². The number of rotatable bonds is 5. The van der Waals surface area contributed by atoms with Gasteiger partial charge in [-0.1, -0.05) is 17.7 Å². The molecule has 146 valence electrons. The van der Waals surface area contributed by atoms with Crippen molar-refractivity contribution in [1.29, 1.82) is 0 Å². The van der Waals surface area contributed by atoms with Gasteiger partial charge in [0.2, 0.25) is 0 Å². The molecule has 1 unspecified atom stereocenters. The zero-order chi connectivity index (χ0) is 18.4. The number of halogens is 2. The van der Waals surface area contributed by atoms with Gasteiger partial charge in [0.15, 0.2) is 5.96 Å². The van der Waals surface area contributed by atoms with Gasteiger partial charge in [0.1, 0.15) is 5.82 Å². The molecule has 0 amide bonds. The van der Waals surface area contributed by atoms with Crippen molar-refractivity contribution in [2.75, 3.05) is 24.5 Å². The molecular weight excluding hydrogens is 475 g/mol. The lowest BCUT2D eigenvalue weighted by Gasteiger charge is -2.20. The van der Waals surface area contributed by atoms with Crippen LogP contribution in [0.15, 0.2) is 41.7 Å². The van der Waals surface area contributed by atoms with Crippen molar-refractivity contribution in [3.05, 3.63) is 52.9 Å². The topological polar surface area (TPSA) is 65.4 Å². The largest absolute Gasteiger partial charge is 0.357 e. The van der Waals surface area contributed by atoms with Crippen LogP contribution in [0, 0.1) is 6.92 Å². The van der Waals surface area contributed by atoms with Gasteiger partial charge in [-0.3, -0.25) is 4.98 Å². The quantitative estimate of drug-likeness (QED) is 0.374. The van der Waals surface area contributed by atoms with Crippen LogP contribution in [0.25, 0.3) is 0 Å². The summed E-state index contributed by atoms with van der Waals surface area (Å²) in [5, 5.41) is 7.53. The van der Waals surface area contributed by atoms with Gasteiger partial charge < -0.3 is 15.5 Å². The molecule has 0 saturated carbocycles. The van der Waals surface area contributed by atoms with Crippen LogP contribution in [-0.4, -0.2) is 41.6 Å². The molecule has 3 rings (SSSR count). The number of pyridine rings is 2. The number of aromatic nitrogens is 2. The number of nitrogens with zero attached hydrogens (tertiary/aromatic N) is 4. The van der Waals surface area contributed by atoms with Crippen molar-refractivity contribution in [1.82, 2.24) is 20.6 Å². The molecule has 1 saturated heterocycles. The Hall–Kier alpha value is -1.61. The van der Waals surface area contributed by atoms with E-state index < -0.39 is 0 Å². The molecule has 1 aliphatic rings. The first-order valence-corrected chi connectivity index (χ1v) is 9.36. The van der Waals surface area contributed by atoms with E-state index in [4.69, 9.17) is 16.6 Å². The second-order valence-corrected chi connectivity index (χ2v) is 6.75. The predicted octanol–water partition coefficient (Wildman–Crippen LogP) is 3.39. The van der Waals surface area contributed by atoms with Crippen molar-refractivity contribution in [3.8, 4) is 0 Å². The Labute approximate surface area is 182 Å². The maximum atomic E-state index is 6.27. The summed E-state index contributed by atoms with van der Waals surface area (Å²) in [6, 6.07) is 8.04. The zero-order valence-electron chi connectivity index (χ0n) is 15.7. The molecule has 8 heteroatoms. The summed E-state index contributed by atoms with van der Waals surface area (Å²) in [7, 11) is 0. The van der Waals surface area contributed by atoms with Gasteiger partial charge in [-0.2, -0.15) is 0 Å². The monoisotopic (exact) mass is 500 g/mol. The molecule has 0 bridgehead atoms. The first-order valence-electron chi connectivity index (χ1n) is 8.98. The Morgan fingerprint density at radius 2 is 2.07 bits per heavy atom. The minimum Gasteiger partial charge on any atom is -0.357 e. The molecule has 0 radical (unpaired) electrons. The Balaban J connectivity index is 0.00000261. The van der Waals surface area contributed by atoms with Crippen molar-refractivity contribution in [2.24, 2.45) is 4.99 Å². The lowest BCUT2D eigenvalue weighted by Crippen LogP contribution is -2.44. The summed E-state index contributed by atoms with van der Waals surface area (Å²) >= 11 is 6.27. The van der Waals surface area contributed by atoms with E-state index in [0.29, 0.717) is 17.6 Å². The second-order valence-electron chi connectivity index (χ2n) is 6.35. The predicted molar refractivity (Wildman–Crippen MR) is 122 cm³/mol. The van der Waals surface area contributed by atoms with Crippen LogP contribution in [0.1, 0.15) is 24.6 Å². The summed E-state index contributed by atoms with van der Waals surface area (Å²) < 4.78 is 0. The highest BCUT2D eigenvalue weighted by molar-refractivity contribution is 14.0. The smallest absolute Gasteiger partial charge is 0.191 e. The third-order valence-corrected chi connectivity index (χ3v) is 4.71. The normalized spacial score (nSPS) is 16.8. The van der Waals surface area contributed by atoms with Gasteiger partial charge in [-0.05, 0) is 44.0 Å². The fourth-order valence-electron chi connectivity index (χ4n) is 3.03. The van der Waals surface area contributed by atoms with E-state index in [1.54, 1.807) is 6.20 Å². The molecule has 2 N–H and O–H groups in total. The summed E-state index contributed by atoms with van der Waals surface area (Å²) in [6.45, 7) is 7.28. The van der Waals surface area contributed by atoms with Crippen LogP contribution < -0.4 is 15.5 Å². The third-order valence-electron chi connectivity index (χ3n) is 4.42. The minimum absolute atomic E-state index is 0. The van der Waals surface area contributed by atoms with Gasteiger partial charge in [0.25, 0.3) is 0 Å². The first kappa shape index (κ1) is 21.7. The molecular formula is C19H26ClIN6. The molecule has 0 spiro atoms. The molecule has 3 heterocycles. The third kappa shape index (κ3) is 5.93. The van der Waals surface area contributed by atoms with E-state index >= 15 is 0 Å². The first-order chi connectivity index (χ1) is 12.7. The number of guanidine groups is 1. The zero-order valence-corrected chi connectivity index (χ0v) is 18.7. The van der Waals surface area contributed by atoms with Gasteiger partial charge in [0, 0.05) is 38.1 Å². The van der Waals surface area contributed by atoms with E-state index in [-0.39, 0.29) is 24.0 Å². The van der Waals surface area contributed by atoms with Crippen LogP contribution >= 0.6 is 35.6 Å². The lowest BCUT2D eigenvalue weighted by molar-refractivity contribution is 0.648. The SMILES string of the molecule is CCNC(=NCc1ncccc1C)NC1CCN(c2ncccc2Cl)C1.I. The minimum atomic E-state index is 0. The molecule has 2 aromatic heterocycles. The number of aliphatic imine (C=N–C) groups is 1. The average molecular weight is 501 g/mol. The lowest BCUT2D eigenvalue weighted by atomic mass is 10.2. The van der Waals surface area contributed by atoms with Gasteiger partial charge in [0.05, 0.1) is 17.3 Å².